The summed E-state index contributed by atoms with van der Waals surface area (Å²) in [5.74, 6) is -0.0838. The number of anilines is 1. The number of hydrogen-bond donors (Lipinski definition) is 0. The van der Waals surface area contributed by atoms with Crippen molar-refractivity contribution in [2.45, 2.75) is 37.9 Å². The highest BCUT2D eigenvalue weighted by molar-refractivity contribution is 7.90. The van der Waals surface area contributed by atoms with Gasteiger partial charge in [0.2, 0.25) is 0 Å². The summed E-state index contributed by atoms with van der Waals surface area (Å²) in [6.45, 7) is 5.95. The fourth-order valence-electron chi connectivity index (χ4n) is 3.38. The summed E-state index contributed by atoms with van der Waals surface area (Å²) in [4.78, 5) is 8.03. The number of pyridine rings is 1. The number of alkyl halides is 3. The first-order chi connectivity index (χ1) is 11.1. The number of aromatic nitrogens is 1. The summed E-state index contributed by atoms with van der Waals surface area (Å²) in [7, 11) is -3.49. The van der Waals surface area contributed by atoms with Gasteiger partial charge in [0.05, 0.1) is 23.1 Å². The maximum Gasteiger partial charge on any atom is 0.417 e. The van der Waals surface area contributed by atoms with Gasteiger partial charge in [0.1, 0.15) is 5.82 Å². The lowest BCUT2D eigenvalue weighted by atomic mass is 10.1. The molecule has 3 heterocycles. The minimum atomic E-state index is -4.53. The first-order valence-corrected chi connectivity index (χ1v) is 9.66. The van der Waals surface area contributed by atoms with Crippen molar-refractivity contribution >= 4 is 15.7 Å². The second kappa shape index (κ2) is 5.87. The van der Waals surface area contributed by atoms with E-state index in [0.717, 1.165) is 18.8 Å². The van der Waals surface area contributed by atoms with E-state index in [9.17, 15) is 21.6 Å². The largest absolute Gasteiger partial charge is 0.417 e. The monoisotopic (exact) mass is 363 g/mol. The number of halogens is 3. The van der Waals surface area contributed by atoms with Crippen LogP contribution in [-0.2, 0) is 21.8 Å². The second-order valence-corrected chi connectivity index (χ2v) is 8.80. The molecule has 1 fully saturated rings. The second-order valence-electron chi connectivity index (χ2n) is 6.69. The fourth-order valence-corrected chi connectivity index (χ4v) is 5.06. The number of rotatable bonds is 1. The number of sulfone groups is 1. The molecule has 24 heavy (non-hydrogen) atoms. The molecule has 0 saturated carbocycles. The van der Waals surface area contributed by atoms with Gasteiger partial charge in [0, 0.05) is 37.4 Å². The minimum Gasteiger partial charge on any atom is -0.350 e. The average Bonchev–Trinajstić information content (AvgIpc) is 2.56. The Balaban J connectivity index is 2.02. The van der Waals surface area contributed by atoms with Crippen molar-refractivity contribution < 1.29 is 21.6 Å². The molecule has 0 unspecified atom stereocenters. The smallest absolute Gasteiger partial charge is 0.350 e. The van der Waals surface area contributed by atoms with Gasteiger partial charge < -0.3 is 4.90 Å². The van der Waals surface area contributed by atoms with E-state index in [4.69, 9.17) is 0 Å². The van der Waals surface area contributed by atoms with Crippen molar-refractivity contribution in [1.29, 1.82) is 0 Å². The molecule has 0 N–H and O–H groups in total. The van der Waals surface area contributed by atoms with Crippen LogP contribution in [-0.4, -0.2) is 55.8 Å². The van der Waals surface area contributed by atoms with Gasteiger partial charge in [-0.25, -0.2) is 13.4 Å². The van der Waals surface area contributed by atoms with Crippen LogP contribution in [0.3, 0.4) is 0 Å². The standard InChI is InChI=1S/C15H20F3N3O2S/c1-10(2)20-3-4-21-13(7-20)9-24(22,23)8-11-5-12(15(16,17)18)6-19-14(11)21/h5-6,10,13H,3-4,7-9H2,1-2H3/t13-/m1/s1. The Morgan fingerprint density at radius 3 is 2.62 bits per heavy atom. The zero-order valence-electron chi connectivity index (χ0n) is 13.5. The first-order valence-electron chi connectivity index (χ1n) is 7.84. The molecular formula is C15H20F3N3O2S. The average molecular weight is 363 g/mol. The van der Waals surface area contributed by atoms with Gasteiger partial charge in [-0.3, -0.25) is 4.90 Å². The summed E-state index contributed by atoms with van der Waals surface area (Å²) < 4.78 is 63.5. The van der Waals surface area contributed by atoms with E-state index < -0.39 is 27.3 Å². The molecule has 0 spiro atoms. The van der Waals surface area contributed by atoms with E-state index in [1.54, 1.807) is 0 Å². The molecule has 2 aliphatic heterocycles. The molecule has 0 amide bonds. The summed E-state index contributed by atoms with van der Waals surface area (Å²) in [6, 6.07) is 0.937. The molecule has 3 rings (SSSR count). The Morgan fingerprint density at radius 1 is 1.29 bits per heavy atom. The van der Waals surface area contributed by atoms with Crippen LogP contribution >= 0.6 is 0 Å². The Bertz CT molecular complexity index is 734. The molecule has 1 aromatic rings. The van der Waals surface area contributed by atoms with E-state index in [2.05, 4.69) is 9.88 Å². The van der Waals surface area contributed by atoms with Crippen LogP contribution in [0.15, 0.2) is 12.3 Å². The molecule has 2 aliphatic rings. The number of hydrogen-bond acceptors (Lipinski definition) is 5. The van der Waals surface area contributed by atoms with Crippen LogP contribution < -0.4 is 4.90 Å². The molecule has 134 valence electrons. The topological polar surface area (TPSA) is 53.5 Å². The van der Waals surface area contributed by atoms with E-state index in [-0.39, 0.29) is 23.4 Å². The lowest BCUT2D eigenvalue weighted by Gasteiger charge is -2.43. The molecule has 0 aliphatic carbocycles. The molecule has 1 saturated heterocycles. The molecule has 5 nitrogen and oxygen atoms in total. The zero-order chi connectivity index (χ0) is 17.7. The molecule has 0 aromatic carbocycles. The van der Waals surface area contributed by atoms with Crippen molar-refractivity contribution in [3.8, 4) is 0 Å². The Morgan fingerprint density at radius 2 is 2.00 bits per heavy atom. The van der Waals surface area contributed by atoms with E-state index >= 15 is 0 Å². The van der Waals surface area contributed by atoms with Crippen LogP contribution in [0, 0.1) is 0 Å². The van der Waals surface area contributed by atoms with Gasteiger partial charge >= 0.3 is 6.18 Å². The van der Waals surface area contributed by atoms with Gasteiger partial charge in [-0.1, -0.05) is 0 Å². The summed E-state index contributed by atoms with van der Waals surface area (Å²) in [5.41, 5.74) is -0.763. The van der Waals surface area contributed by atoms with Crippen molar-refractivity contribution in [2.24, 2.45) is 0 Å². The van der Waals surface area contributed by atoms with Gasteiger partial charge in [-0.15, -0.1) is 0 Å². The van der Waals surface area contributed by atoms with E-state index in [0.29, 0.717) is 18.9 Å². The summed E-state index contributed by atoms with van der Waals surface area (Å²) in [5, 5.41) is 0. The van der Waals surface area contributed by atoms with Gasteiger partial charge in [-0.05, 0) is 19.9 Å². The Kier molecular flexibility index (Phi) is 4.28. The predicted molar refractivity (Wildman–Crippen MR) is 84.6 cm³/mol. The van der Waals surface area contributed by atoms with Crippen LogP contribution in [0.4, 0.5) is 19.0 Å². The molecule has 1 aromatic heterocycles. The van der Waals surface area contributed by atoms with Crippen LogP contribution in [0.25, 0.3) is 0 Å². The number of nitrogens with zero attached hydrogens (tertiary/aromatic N) is 3. The minimum absolute atomic E-state index is 0.0616. The maximum atomic E-state index is 12.9. The normalized spacial score (nSPS) is 24.4. The van der Waals surface area contributed by atoms with Crippen molar-refractivity contribution in [2.75, 3.05) is 30.3 Å². The highest BCUT2D eigenvalue weighted by Crippen LogP contribution is 2.35. The maximum absolute atomic E-state index is 12.9. The van der Waals surface area contributed by atoms with E-state index in [1.807, 2.05) is 18.7 Å². The third kappa shape index (κ3) is 3.37. The number of fused-ring (bicyclic) bond motifs is 3. The highest BCUT2D eigenvalue weighted by Gasteiger charge is 2.39. The lowest BCUT2D eigenvalue weighted by Crippen LogP contribution is -2.57. The van der Waals surface area contributed by atoms with Crippen LogP contribution in [0.2, 0.25) is 0 Å². The predicted octanol–water partition coefficient (Wildman–Crippen LogP) is 1.93. The Labute approximate surface area is 139 Å². The molecule has 1 atom stereocenters. The summed E-state index contributed by atoms with van der Waals surface area (Å²) >= 11 is 0. The fraction of sp³-hybridized carbons (Fsp3) is 0.667. The number of piperazine rings is 1. The van der Waals surface area contributed by atoms with Crippen LogP contribution in [0.5, 0.6) is 0 Å². The molecule has 0 radical (unpaired) electrons. The highest BCUT2D eigenvalue weighted by atomic mass is 32.2. The van der Waals surface area contributed by atoms with E-state index in [1.165, 1.54) is 0 Å². The van der Waals surface area contributed by atoms with Crippen molar-refractivity contribution in [1.82, 2.24) is 9.88 Å². The molecular weight excluding hydrogens is 343 g/mol. The zero-order valence-corrected chi connectivity index (χ0v) is 14.4. The van der Waals surface area contributed by atoms with Crippen molar-refractivity contribution in [3.63, 3.8) is 0 Å². The van der Waals surface area contributed by atoms with Gasteiger partial charge in [0.25, 0.3) is 0 Å². The van der Waals surface area contributed by atoms with Gasteiger partial charge in [0.15, 0.2) is 9.84 Å². The first kappa shape index (κ1) is 17.5. The Hall–Kier alpha value is -1.35. The SMILES string of the molecule is CC(C)N1CCN2c3ncc(C(F)(F)F)cc3CS(=O)(=O)C[C@H]2C1. The molecule has 0 bridgehead atoms. The van der Waals surface area contributed by atoms with Gasteiger partial charge in [-0.2, -0.15) is 13.2 Å². The third-order valence-electron chi connectivity index (χ3n) is 4.61. The lowest BCUT2D eigenvalue weighted by molar-refractivity contribution is -0.137. The third-order valence-corrected chi connectivity index (χ3v) is 6.25. The van der Waals surface area contributed by atoms with Crippen LogP contribution in [0.1, 0.15) is 25.0 Å². The van der Waals surface area contributed by atoms with Crippen molar-refractivity contribution in [3.05, 3.63) is 23.4 Å². The summed E-state index contributed by atoms with van der Waals surface area (Å²) in [6.07, 6.45) is -3.74. The molecule has 9 heteroatoms. The quantitative estimate of drug-likeness (QED) is 0.763.